The highest BCUT2D eigenvalue weighted by Gasteiger charge is 2.18. The van der Waals surface area contributed by atoms with Gasteiger partial charge in [-0.3, -0.25) is 4.79 Å². The van der Waals surface area contributed by atoms with E-state index in [0.717, 1.165) is 10.0 Å². The fourth-order valence-electron chi connectivity index (χ4n) is 0.983. The second kappa shape index (κ2) is 5.37. The van der Waals surface area contributed by atoms with Crippen molar-refractivity contribution in [2.45, 2.75) is 12.3 Å². The van der Waals surface area contributed by atoms with Crippen LogP contribution in [0.4, 0.5) is 0 Å². The number of carbonyl (C=O) groups excluding carboxylic acids is 1. The molecule has 0 amide bonds. The van der Waals surface area contributed by atoms with Crippen LogP contribution in [0.2, 0.25) is 0 Å². The molecule has 76 valence electrons. The summed E-state index contributed by atoms with van der Waals surface area (Å²) in [5.41, 5.74) is 0.744. The maximum Gasteiger partial charge on any atom is 0.328 e. The van der Waals surface area contributed by atoms with Crippen molar-refractivity contribution in [1.29, 1.82) is 0 Å². The van der Waals surface area contributed by atoms with E-state index in [1.807, 2.05) is 12.1 Å². The fourth-order valence-corrected chi connectivity index (χ4v) is 1.46. The Hall–Kier alpha value is -0.540. The number of alkyl halides is 1. The molecule has 0 aliphatic heterocycles. The normalized spacial score (nSPS) is 12.2. The summed E-state index contributed by atoms with van der Waals surface area (Å²) in [5.74, 6) is -0.406. The van der Waals surface area contributed by atoms with Crippen LogP contribution in [0.15, 0.2) is 28.7 Å². The van der Waals surface area contributed by atoms with Gasteiger partial charge in [0.15, 0.2) is 5.38 Å². The largest absolute Gasteiger partial charge is 0.465 e. The summed E-state index contributed by atoms with van der Waals surface area (Å²) in [7, 11) is 0. The van der Waals surface area contributed by atoms with E-state index >= 15 is 0 Å². The van der Waals surface area contributed by atoms with Crippen LogP contribution < -0.4 is 0 Å². The molecule has 0 saturated carbocycles. The summed E-state index contributed by atoms with van der Waals surface area (Å²) < 4.78 is 5.76. The molecule has 0 heterocycles. The Morgan fingerprint density at radius 1 is 1.50 bits per heavy atom. The van der Waals surface area contributed by atoms with Crippen molar-refractivity contribution in [3.05, 3.63) is 34.3 Å². The maximum atomic E-state index is 11.3. The van der Waals surface area contributed by atoms with Crippen LogP contribution in [0, 0.1) is 0 Å². The topological polar surface area (TPSA) is 26.3 Å². The molecular weight excluding hydrogens is 267 g/mol. The van der Waals surface area contributed by atoms with Gasteiger partial charge in [0, 0.05) is 4.47 Å². The van der Waals surface area contributed by atoms with Crippen molar-refractivity contribution in [2.75, 3.05) is 6.61 Å². The molecule has 0 saturated heterocycles. The van der Waals surface area contributed by atoms with Gasteiger partial charge in [-0.1, -0.05) is 28.1 Å². The zero-order chi connectivity index (χ0) is 10.6. The Kier molecular flexibility index (Phi) is 4.42. The first-order valence-corrected chi connectivity index (χ1v) is 5.44. The van der Waals surface area contributed by atoms with Crippen molar-refractivity contribution in [3.8, 4) is 0 Å². The van der Waals surface area contributed by atoms with Gasteiger partial charge in [0.25, 0.3) is 0 Å². The molecular formula is C10H10BrClO2. The maximum absolute atomic E-state index is 11.3. The monoisotopic (exact) mass is 276 g/mol. The van der Waals surface area contributed by atoms with Gasteiger partial charge >= 0.3 is 5.97 Å². The number of hydrogen-bond acceptors (Lipinski definition) is 2. The first kappa shape index (κ1) is 11.5. The quantitative estimate of drug-likeness (QED) is 0.626. The van der Waals surface area contributed by atoms with E-state index in [0.29, 0.717) is 6.61 Å². The zero-order valence-corrected chi connectivity index (χ0v) is 10.0. The first-order valence-electron chi connectivity index (χ1n) is 4.21. The molecule has 0 N–H and O–H groups in total. The number of esters is 1. The Labute approximate surface area is 96.3 Å². The summed E-state index contributed by atoms with van der Waals surface area (Å²) in [4.78, 5) is 11.3. The number of carbonyl (C=O) groups is 1. The van der Waals surface area contributed by atoms with Crippen LogP contribution in [0.1, 0.15) is 17.9 Å². The Morgan fingerprint density at radius 3 is 2.57 bits per heavy atom. The molecule has 1 rings (SSSR count). The van der Waals surface area contributed by atoms with E-state index < -0.39 is 11.3 Å². The average molecular weight is 278 g/mol. The third-order valence-electron chi connectivity index (χ3n) is 1.66. The number of halogens is 2. The minimum absolute atomic E-state index is 0.346. The van der Waals surface area contributed by atoms with Crippen LogP contribution >= 0.6 is 27.5 Å². The lowest BCUT2D eigenvalue weighted by molar-refractivity contribution is -0.142. The van der Waals surface area contributed by atoms with Gasteiger partial charge in [-0.15, -0.1) is 11.6 Å². The molecule has 0 aliphatic carbocycles. The molecule has 14 heavy (non-hydrogen) atoms. The van der Waals surface area contributed by atoms with Gasteiger partial charge in [-0.05, 0) is 24.6 Å². The van der Waals surface area contributed by atoms with Crippen molar-refractivity contribution < 1.29 is 9.53 Å². The molecule has 0 fully saturated rings. The molecule has 4 heteroatoms. The highest BCUT2D eigenvalue weighted by Crippen LogP contribution is 2.23. The van der Waals surface area contributed by atoms with E-state index in [1.165, 1.54) is 0 Å². The lowest BCUT2D eigenvalue weighted by atomic mass is 10.1. The number of hydrogen-bond donors (Lipinski definition) is 0. The van der Waals surface area contributed by atoms with Gasteiger partial charge in [0.05, 0.1) is 6.61 Å². The Balaban J connectivity index is 2.73. The lowest BCUT2D eigenvalue weighted by Crippen LogP contribution is -2.10. The van der Waals surface area contributed by atoms with Gasteiger partial charge in [-0.25, -0.2) is 0 Å². The molecule has 0 aliphatic rings. The summed E-state index contributed by atoms with van der Waals surface area (Å²) in [6.07, 6.45) is 0. The van der Waals surface area contributed by atoms with E-state index in [2.05, 4.69) is 15.9 Å². The van der Waals surface area contributed by atoms with E-state index in [-0.39, 0.29) is 0 Å². The molecule has 0 aromatic heterocycles. The van der Waals surface area contributed by atoms with Crippen molar-refractivity contribution >= 4 is 33.5 Å². The lowest BCUT2D eigenvalue weighted by Gasteiger charge is -2.08. The van der Waals surface area contributed by atoms with E-state index in [1.54, 1.807) is 19.1 Å². The molecule has 1 unspecified atom stereocenters. The third-order valence-corrected chi connectivity index (χ3v) is 2.62. The Morgan fingerprint density at radius 2 is 2.07 bits per heavy atom. The van der Waals surface area contributed by atoms with Gasteiger partial charge in [-0.2, -0.15) is 0 Å². The molecule has 1 atom stereocenters. The second-order valence-corrected chi connectivity index (χ2v) is 4.02. The van der Waals surface area contributed by atoms with Crippen molar-refractivity contribution in [1.82, 2.24) is 0 Å². The Bertz CT molecular complexity index is 310. The van der Waals surface area contributed by atoms with Crippen LogP contribution in [-0.4, -0.2) is 12.6 Å². The summed E-state index contributed by atoms with van der Waals surface area (Å²) >= 11 is 9.20. The standard InChI is InChI=1S/C10H10BrClO2/c1-2-14-10(13)9(12)7-3-5-8(11)6-4-7/h3-6,9H,2H2,1H3. The second-order valence-electron chi connectivity index (χ2n) is 2.67. The van der Waals surface area contributed by atoms with Gasteiger partial charge < -0.3 is 4.74 Å². The minimum atomic E-state index is -0.719. The molecule has 1 aromatic rings. The van der Waals surface area contributed by atoms with Gasteiger partial charge in [0.2, 0.25) is 0 Å². The number of benzene rings is 1. The van der Waals surface area contributed by atoms with Gasteiger partial charge in [0.1, 0.15) is 0 Å². The average Bonchev–Trinajstić information content (AvgIpc) is 2.18. The zero-order valence-electron chi connectivity index (χ0n) is 7.67. The van der Waals surface area contributed by atoms with Crippen LogP contribution in [0.3, 0.4) is 0 Å². The van der Waals surface area contributed by atoms with Crippen molar-refractivity contribution in [2.24, 2.45) is 0 Å². The predicted molar refractivity (Wildman–Crippen MR) is 59.4 cm³/mol. The van der Waals surface area contributed by atoms with Crippen molar-refractivity contribution in [3.63, 3.8) is 0 Å². The van der Waals surface area contributed by atoms with E-state index in [4.69, 9.17) is 16.3 Å². The van der Waals surface area contributed by atoms with Crippen LogP contribution in [0.5, 0.6) is 0 Å². The summed E-state index contributed by atoms with van der Waals surface area (Å²) in [6.45, 7) is 2.10. The first-order chi connectivity index (χ1) is 6.65. The van der Waals surface area contributed by atoms with E-state index in [9.17, 15) is 4.79 Å². The minimum Gasteiger partial charge on any atom is -0.465 e. The highest BCUT2D eigenvalue weighted by molar-refractivity contribution is 9.10. The predicted octanol–water partition coefficient (Wildman–Crippen LogP) is 3.29. The SMILES string of the molecule is CCOC(=O)C(Cl)c1ccc(Br)cc1. The number of rotatable bonds is 3. The molecule has 0 radical (unpaired) electrons. The number of ether oxygens (including phenoxy) is 1. The van der Waals surface area contributed by atoms with Crippen LogP contribution in [0.25, 0.3) is 0 Å². The summed E-state index contributed by atoms with van der Waals surface area (Å²) in [6, 6.07) is 7.26. The summed E-state index contributed by atoms with van der Waals surface area (Å²) in [5, 5.41) is -0.719. The molecule has 0 spiro atoms. The highest BCUT2D eigenvalue weighted by atomic mass is 79.9. The third kappa shape index (κ3) is 3.00. The molecule has 0 bridgehead atoms. The smallest absolute Gasteiger partial charge is 0.328 e. The molecule has 2 nitrogen and oxygen atoms in total. The van der Waals surface area contributed by atoms with Crippen LogP contribution in [-0.2, 0) is 9.53 Å². The molecule has 1 aromatic carbocycles. The fraction of sp³-hybridized carbons (Fsp3) is 0.300.